The number of ether oxygens (including phenoxy) is 2. The van der Waals surface area contributed by atoms with Crippen molar-refractivity contribution in [3.05, 3.63) is 54.6 Å². The molecule has 0 saturated heterocycles. The molecule has 0 atom stereocenters. The van der Waals surface area contributed by atoms with E-state index in [1.54, 1.807) is 51.4 Å². The maximum absolute atomic E-state index is 13.0. The third-order valence-corrected chi connectivity index (χ3v) is 3.12. The molecule has 1 N–H and O–H groups in total. The summed E-state index contributed by atoms with van der Waals surface area (Å²) in [4.78, 5) is 19.9. The Labute approximate surface area is 152 Å². The van der Waals surface area contributed by atoms with Crippen molar-refractivity contribution in [2.75, 3.05) is 13.2 Å². The van der Waals surface area contributed by atoms with Gasteiger partial charge in [0.2, 0.25) is 0 Å². The molecule has 7 heteroatoms. The molecule has 138 valence electrons. The molecule has 0 unspecified atom stereocenters. The highest BCUT2D eigenvalue weighted by molar-refractivity contribution is 5.68. The lowest BCUT2D eigenvalue weighted by Gasteiger charge is -2.20. The van der Waals surface area contributed by atoms with E-state index in [0.29, 0.717) is 17.9 Å². The van der Waals surface area contributed by atoms with E-state index in [1.807, 2.05) is 12.1 Å². The van der Waals surface area contributed by atoms with E-state index in [2.05, 4.69) is 15.3 Å². The highest BCUT2D eigenvalue weighted by Crippen LogP contribution is 2.19. The van der Waals surface area contributed by atoms with E-state index in [0.717, 1.165) is 5.56 Å². The number of carbonyl (C=O) groups is 1. The number of hydrogen-bond donors (Lipinski definition) is 1. The molecular weight excluding hydrogens is 337 g/mol. The second-order valence-corrected chi connectivity index (χ2v) is 6.51. The van der Waals surface area contributed by atoms with E-state index in [9.17, 15) is 9.18 Å². The van der Waals surface area contributed by atoms with Gasteiger partial charge in [-0.25, -0.2) is 19.2 Å². The van der Waals surface area contributed by atoms with Crippen LogP contribution in [0.25, 0.3) is 11.4 Å². The first-order chi connectivity index (χ1) is 12.4. The lowest BCUT2D eigenvalue weighted by Crippen LogP contribution is -2.34. The first-order valence-electron chi connectivity index (χ1n) is 8.12. The molecule has 0 radical (unpaired) electrons. The third-order valence-electron chi connectivity index (χ3n) is 3.12. The molecule has 0 spiro atoms. The van der Waals surface area contributed by atoms with Crippen molar-refractivity contribution in [2.45, 2.75) is 26.4 Å². The molecule has 26 heavy (non-hydrogen) atoms. The number of nitrogens with one attached hydrogen (secondary N) is 1. The van der Waals surface area contributed by atoms with E-state index in [4.69, 9.17) is 9.47 Å². The number of rotatable bonds is 6. The molecule has 2 aromatic rings. The Kier molecular flexibility index (Phi) is 6.66. The predicted octanol–water partition coefficient (Wildman–Crippen LogP) is 3.90. The van der Waals surface area contributed by atoms with Crippen LogP contribution in [0.4, 0.5) is 9.18 Å². The van der Waals surface area contributed by atoms with Crippen LogP contribution in [0.3, 0.4) is 0 Å². The minimum absolute atomic E-state index is 0.00134. The van der Waals surface area contributed by atoms with Gasteiger partial charge in [-0.2, -0.15) is 0 Å². The number of carbonyl (C=O) groups excluding carboxylic acids is 1. The molecule has 0 aliphatic heterocycles. The Morgan fingerprint density at radius 1 is 1.19 bits per heavy atom. The topological polar surface area (TPSA) is 73.3 Å². The fraction of sp³-hybridized carbons (Fsp3) is 0.316. The van der Waals surface area contributed by atoms with Crippen LogP contribution in [-0.4, -0.2) is 34.8 Å². The Hall–Kier alpha value is -2.96. The van der Waals surface area contributed by atoms with Gasteiger partial charge in [-0.05, 0) is 51.1 Å². The van der Waals surface area contributed by atoms with Crippen molar-refractivity contribution in [3.8, 4) is 17.1 Å². The van der Waals surface area contributed by atoms with Crippen molar-refractivity contribution in [1.29, 1.82) is 0 Å². The van der Waals surface area contributed by atoms with Crippen LogP contribution in [0.2, 0.25) is 0 Å². The van der Waals surface area contributed by atoms with Crippen molar-refractivity contribution < 1.29 is 18.7 Å². The number of benzene rings is 1. The van der Waals surface area contributed by atoms with Gasteiger partial charge in [0.15, 0.2) is 5.82 Å². The van der Waals surface area contributed by atoms with Gasteiger partial charge in [-0.3, -0.25) is 0 Å². The second-order valence-electron chi connectivity index (χ2n) is 6.51. The second kappa shape index (κ2) is 8.94. The average Bonchev–Trinajstić information content (AvgIpc) is 2.61. The van der Waals surface area contributed by atoms with Gasteiger partial charge in [-0.15, -0.1) is 0 Å². The Balaban J connectivity index is 1.84. The molecule has 0 aliphatic carbocycles. The molecule has 0 fully saturated rings. The quantitative estimate of drug-likeness (QED) is 0.847. The number of halogens is 1. The molecule has 1 aromatic heterocycles. The summed E-state index contributed by atoms with van der Waals surface area (Å²) in [5.41, 5.74) is 0.529. The highest BCUT2D eigenvalue weighted by atomic mass is 19.1. The van der Waals surface area contributed by atoms with Crippen LogP contribution in [0.5, 0.6) is 5.75 Å². The van der Waals surface area contributed by atoms with E-state index in [-0.39, 0.29) is 18.7 Å². The van der Waals surface area contributed by atoms with E-state index in [1.165, 1.54) is 0 Å². The largest absolute Gasteiger partial charge is 0.489 e. The molecule has 0 saturated carbocycles. The number of nitrogens with zero attached hydrogens (tertiary/aromatic N) is 2. The van der Waals surface area contributed by atoms with Crippen molar-refractivity contribution >= 4 is 6.09 Å². The Morgan fingerprint density at radius 3 is 2.42 bits per heavy atom. The monoisotopic (exact) mass is 359 g/mol. The van der Waals surface area contributed by atoms with Crippen LogP contribution in [0, 0.1) is 0 Å². The first-order valence-corrected chi connectivity index (χ1v) is 8.12. The molecule has 0 bridgehead atoms. The first kappa shape index (κ1) is 19.4. The number of amides is 1. The summed E-state index contributed by atoms with van der Waals surface area (Å²) in [6.45, 7) is 5.28. The van der Waals surface area contributed by atoms with Crippen LogP contribution >= 0.6 is 0 Å². The zero-order chi connectivity index (χ0) is 19.0. The molecule has 6 nitrogen and oxygen atoms in total. The van der Waals surface area contributed by atoms with Crippen LogP contribution in [-0.2, 0) is 4.74 Å². The average molecular weight is 359 g/mol. The number of hydrogen-bond acceptors (Lipinski definition) is 5. The van der Waals surface area contributed by atoms with Gasteiger partial charge in [0.1, 0.15) is 18.0 Å². The summed E-state index contributed by atoms with van der Waals surface area (Å²) in [6.07, 6.45) is 3.15. The van der Waals surface area contributed by atoms with Crippen LogP contribution < -0.4 is 10.1 Å². The van der Waals surface area contributed by atoms with E-state index >= 15 is 0 Å². The van der Waals surface area contributed by atoms with Crippen molar-refractivity contribution in [3.63, 3.8) is 0 Å². The smallest absolute Gasteiger partial charge is 0.407 e. The maximum Gasteiger partial charge on any atom is 0.407 e. The molecule has 1 heterocycles. The maximum atomic E-state index is 13.0. The summed E-state index contributed by atoms with van der Waals surface area (Å²) in [5.74, 6) is 1.19. The predicted molar refractivity (Wildman–Crippen MR) is 96.4 cm³/mol. The Bertz CT molecular complexity index is 741. The molecule has 1 aromatic carbocycles. The summed E-state index contributed by atoms with van der Waals surface area (Å²) in [7, 11) is 0. The minimum Gasteiger partial charge on any atom is -0.489 e. The van der Waals surface area contributed by atoms with Crippen molar-refractivity contribution in [1.82, 2.24) is 15.3 Å². The van der Waals surface area contributed by atoms with Crippen LogP contribution in [0.1, 0.15) is 20.8 Å². The minimum atomic E-state index is -0.607. The standard InChI is InChI=1S/C19H22FN3O3/c1-19(2,3)26-18(24)23-12-14(11-20)13-25-16-7-5-15(6-8-16)17-21-9-4-10-22-17/h4-11H,12-13H2,1-3H3,(H,23,24). The lowest BCUT2D eigenvalue weighted by molar-refractivity contribution is 0.0531. The van der Waals surface area contributed by atoms with Gasteiger partial charge in [-0.1, -0.05) is 0 Å². The zero-order valence-corrected chi connectivity index (χ0v) is 15.0. The lowest BCUT2D eigenvalue weighted by atomic mass is 10.2. The third kappa shape index (κ3) is 6.51. The van der Waals surface area contributed by atoms with Crippen LogP contribution in [0.15, 0.2) is 54.6 Å². The van der Waals surface area contributed by atoms with Gasteiger partial charge in [0, 0.05) is 30.1 Å². The molecular formula is C19H22FN3O3. The number of aromatic nitrogens is 2. The Morgan fingerprint density at radius 2 is 1.85 bits per heavy atom. The molecule has 2 rings (SSSR count). The van der Waals surface area contributed by atoms with Gasteiger partial charge in [0.25, 0.3) is 0 Å². The van der Waals surface area contributed by atoms with E-state index < -0.39 is 11.7 Å². The fourth-order valence-corrected chi connectivity index (χ4v) is 1.95. The van der Waals surface area contributed by atoms with Gasteiger partial charge < -0.3 is 14.8 Å². The summed E-state index contributed by atoms with van der Waals surface area (Å²) in [6, 6.07) is 8.90. The molecule has 0 aliphatic rings. The summed E-state index contributed by atoms with van der Waals surface area (Å²) < 4.78 is 23.6. The zero-order valence-electron chi connectivity index (χ0n) is 15.0. The fourth-order valence-electron chi connectivity index (χ4n) is 1.95. The van der Waals surface area contributed by atoms with Crippen molar-refractivity contribution in [2.24, 2.45) is 0 Å². The normalized spacial score (nSPS) is 11.8. The summed E-state index contributed by atoms with van der Waals surface area (Å²) in [5, 5.41) is 2.49. The number of alkyl carbamates (subject to hydrolysis) is 1. The highest BCUT2D eigenvalue weighted by Gasteiger charge is 2.16. The van der Waals surface area contributed by atoms with Gasteiger partial charge >= 0.3 is 6.09 Å². The molecule has 1 amide bonds. The van der Waals surface area contributed by atoms with Gasteiger partial charge in [0.05, 0.1) is 6.33 Å². The summed E-state index contributed by atoms with van der Waals surface area (Å²) >= 11 is 0. The SMILES string of the molecule is CC(C)(C)OC(=O)NCC(=CF)COc1ccc(-c2ncccn2)cc1.